The van der Waals surface area contributed by atoms with Crippen LogP contribution in [-0.2, 0) is 17.8 Å². The summed E-state index contributed by atoms with van der Waals surface area (Å²) in [5.74, 6) is -0.799. The van der Waals surface area contributed by atoms with E-state index in [0.717, 1.165) is 44.2 Å². The SMILES string of the molecule is CCN(Cc1cn2cc(CN3CCOCC3)ccc2n1)C(=O)c1cc2c(cc1F)nc(N)c1c(C)ncn12. The minimum absolute atomic E-state index is 0.0323. The summed E-state index contributed by atoms with van der Waals surface area (Å²) in [6, 6.07) is 6.84. The van der Waals surface area contributed by atoms with Gasteiger partial charge in [-0.25, -0.2) is 19.3 Å². The lowest BCUT2D eigenvalue weighted by atomic mass is 10.1. The highest BCUT2D eigenvalue weighted by molar-refractivity contribution is 5.98. The number of aryl methyl sites for hydroxylation is 1. The quantitative estimate of drug-likeness (QED) is 0.370. The Morgan fingerprint density at radius 2 is 2.00 bits per heavy atom. The molecule has 5 aromatic rings. The minimum Gasteiger partial charge on any atom is -0.382 e. The van der Waals surface area contributed by atoms with E-state index in [0.29, 0.717) is 28.8 Å². The molecule has 10 nitrogen and oxygen atoms in total. The predicted molar refractivity (Wildman–Crippen MR) is 141 cm³/mol. The first-order chi connectivity index (χ1) is 18.4. The number of benzene rings is 1. The molecular formula is C27H29FN8O2. The summed E-state index contributed by atoms with van der Waals surface area (Å²) in [6.07, 6.45) is 5.60. The third-order valence-electron chi connectivity index (χ3n) is 7.08. The lowest BCUT2D eigenvalue weighted by molar-refractivity contribution is 0.0341. The zero-order chi connectivity index (χ0) is 26.4. The number of rotatable bonds is 6. The number of aromatic nitrogens is 5. The van der Waals surface area contributed by atoms with E-state index < -0.39 is 11.7 Å². The number of nitrogens with two attached hydrogens (primary N) is 1. The third kappa shape index (κ3) is 4.33. The van der Waals surface area contributed by atoms with E-state index in [1.807, 2.05) is 30.5 Å². The fraction of sp³-hybridized carbons (Fsp3) is 0.333. The van der Waals surface area contributed by atoms with Crippen molar-refractivity contribution in [1.82, 2.24) is 33.6 Å². The maximum Gasteiger partial charge on any atom is 0.257 e. The monoisotopic (exact) mass is 516 g/mol. The Hall–Kier alpha value is -4.09. The lowest BCUT2D eigenvalue weighted by Crippen LogP contribution is -2.35. The molecule has 6 rings (SSSR count). The van der Waals surface area contributed by atoms with Crippen molar-refractivity contribution in [3.63, 3.8) is 0 Å². The minimum atomic E-state index is -0.646. The van der Waals surface area contributed by atoms with Gasteiger partial charge in [-0.1, -0.05) is 6.07 Å². The van der Waals surface area contributed by atoms with Crippen molar-refractivity contribution >= 4 is 33.9 Å². The maximum absolute atomic E-state index is 15.2. The molecule has 1 amide bonds. The van der Waals surface area contributed by atoms with E-state index in [1.165, 1.54) is 17.7 Å². The second-order valence-electron chi connectivity index (χ2n) is 9.61. The van der Waals surface area contributed by atoms with Crippen LogP contribution in [-0.4, -0.2) is 72.3 Å². The molecule has 0 atom stereocenters. The van der Waals surface area contributed by atoms with Crippen LogP contribution in [0.5, 0.6) is 0 Å². The number of nitrogen functional groups attached to an aromatic ring is 1. The molecule has 196 valence electrons. The van der Waals surface area contributed by atoms with Crippen molar-refractivity contribution in [2.75, 3.05) is 38.6 Å². The average Bonchev–Trinajstić information content (AvgIpc) is 3.50. The number of carbonyl (C=O) groups excluding carboxylic acids is 1. The number of morpholine rings is 1. The van der Waals surface area contributed by atoms with Crippen LogP contribution in [0, 0.1) is 12.7 Å². The third-order valence-corrected chi connectivity index (χ3v) is 7.08. The number of fused-ring (bicyclic) bond motifs is 4. The van der Waals surface area contributed by atoms with Crippen molar-refractivity contribution in [3.8, 4) is 0 Å². The highest BCUT2D eigenvalue weighted by Crippen LogP contribution is 2.25. The molecule has 1 aliphatic heterocycles. The van der Waals surface area contributed by atoms with Gasteiger partial charge in [0.25, 0.3) is 5.91 Å². The molecule has 1 fully saturated rings. The molecule has 4 aromatic heterocycles. The largest absolute Gasteiger partial charge is 0.382 e. The Balaban J connectivity index is 1.27. The molecule has 11 heteroatoms. The fourth-order valence-electron chi connectivity index (χ4n) is 5.08. The first kappa shape index (κ1) is 24.3. The number of nitrogens with zero attached hydrogens (tertiary/aromatic N) is 7. The molecular weight excluding hydrogens is 487 g/mol. The van der Waals surface area contributed by atoms with Gasteiger partial charge in [-0.3, -0.25) is 14.1 Å². The number of pyridine rings is 1. The first-order valence-corrected chi connectivity index (χ1v) is 12.7. The Labute approximate surface area is 218 Å². The van der Waals surface area contributed by atoms with E-state index in [-0.39, 0.29) is 17.9 Å². The number of ether oxygens (including phenoxy) is 1. The number of imidazole rings is 2. The molecule has 0 radical (unpaired) electrons. The van der Waals surface area contributed by atoms with E-state index in [4.69, 9.17) is 15.5 Å². The second kappa shape index (κ2) is 9.66. The standard InChI is InChI=1S/C27H29FN8O2/c1-3-34(14-19-15-35-13-18(4-5-24(35)31-19)12-33-6-8-38-9-7-33)27(37)20-10-23-22(11-21(20)28)32-26(29)25-17(2)30-16-36(23)25/h4-5,10-11,13,15-16H,3,6-9,12,14H2,1-2H3,(H2,29,32). The van der Waals surface area contributed by atoms with E-state index in [1.54, 1.807) is 15.6 Å². The number of amides is 1. The van der Waals surface area contributed by atoms with Gasteiger partial charge in [0.2, 0.25) is 0 Å². The number of hydrogen-bond donors (Lipinski definition) is 1. The molecule has 1 aromatic carbocycles. The van der Waals surface area contributed by atoms with Gasteiger partial charge in [-0.15, -0.1) is 0 Å². The van der Waals surface area contributed by atoms with Crippen LogP contribution in [0.2, 0.25) is 0 Å². The topological polar surface area (TPSA) is 106 Å². The zero-order valence-corrected chi connectivity index (χ0v) is 21.4. The van der Waals surface area contributed by atoms with Crippen molar-refractivity contribution in [1.29, 1.82) is 0 Å². The van der Waals surface area contributed by atoms with Gasteiger partial charge < -0.3 is 19.8 Å². The van der Waals surface area contributed by atoms with Crippen LogP contribution < -0.4 is 5.73 Å². The van der Waals surface area contributed by atoms with Gasteiger partial charge in [0, 0.05) is 44.6 Å². The highest BCUT2D eigenvalue weighted by Gasteiger charge is 2.22. The van der Waals surface area contributed by atoms with Crippen LogP contribution in [0.4, 0.5) is 10.2 Å². The van der Waals surface area contributed by atoms with Crippen LogP contribution in [0.25, 0.3) is 22.2 Å². The molecule has 38 heavy (non-hydrogen) atoms. The van der Waals surface area contributed by atoms with E-state index in [2.05, 4.69) is 27.1 Å². The number of carbonyl (C=O) groups is 1. The summed E-state index contributed by atoms with van der Waals surface area (Å²) >= 11 is 0. The molecule has 1 saturated heterocycles. The summed E-state index contributed by atoms with van der Waals surface area (Å²) in [4.78, 5) is 30.8. The number of hydrogen-bond acceptors (Lipinski definition) is 7. The average molecular weight is 517 g/mol. The molecule has 0 aliphatic carbocycles. The van der Waals surface area contributed by atoms with Gasteiger partial charge >= 0.3 is 0 Å². The van der Waals surface area contributed by atoms with Crippen LogP contribution in [0.1, 0.15) is 34.2 Å². The molecule has 0 saturated carbocycles. The van der Waals surface area contributed by atoms with Gasteiger partial charge in [-0.05, 0) is 31.5 Å². The summed E-state index contributed by atoms with van der Waals surface area (Å²) in [5, 5.41) is 0. The summed E-state index contributed by atoms with van der Waals surface area (Å²) < 4.78 is 24.3. The first-order valence-electron chi connectivity index (χ1n) is 12.7. The van der Waals surface area contributed by atoms with E-state index >= 15 is 4.39 Å². The molecule has 1 aliphatic rings. The van der Waals surface area contributed by atoms with Crippen LogP contribution in [0.15, 0.2) is 43.0 Å². The fourth-order valence-corrected chi connectivity index (χ4v) is 5.08. The van der Waals surface area contributed by atoms with Gasteiger partial charge in [0.15, 0.2) is 0 Å². The highest BCUT2D eigenvalue weighted by atomic mass is 19.1. The Bertz CT molecular complexity index is 1670. The zero-order valence-electron chi connectivity index (χ0n) is 21.4. The molecule has 0 bridgehead atoms. The number of halogens is 1. The normalized spacial score (nSPS) is 14.6. The van der Waals surface area contributed by atoms with Crippen LogP contribution in [0.3, 0.4) is 0 Å². The summed E-state index contributed by atoms with van der Waals surface area (Å²) in [7, 11) is 0. The number of anilines is 1. The summed E-state index contributed by atoms with van der Waals surface area (Å²) in [6.45, 7) is 8.54. The molecule has 5 heterocycles. The molecule has 0 unspecified atom stereocenters. The van der Waals surface area contributed by atoms with Crippen molar-refractivity contribution in [3.05, 3.63) is 71.3 Å². The molecule has 2 N–H and O–H groups in total. The Morgan fingerprint density at radius 3 is 2.79 bits per heavy atom. The summed E-state index contributed by atoms with van der Waals surface area (Å²) in [5.41, 5.74) is 11.0. The van der Waals surface area contributed by atoms with Crippen molar-refractivity contribution < 1.29 is 13.9 Å². The predicted octanol–water partition coefficient (Wildman–Crippen LogP) is 3.05. The smallest absolute Gasteiger partial charge is 0.257 e. The van der Waals surface area contributed by atoms with Crippen molar-refractivity contribution in [2.24, 2.45) is 0 Å². The van der Waals surface area contributed by atoms with Gasteiger partial charge in [-0.2, -0.15) is 0 Å². The maximum atomic E-state index is 15.2. The molecule has 0 spiro atoms. The Morgan fingerprint density at radius 1 is 1.18 bits per heavy atom. The van der Waals surface area contributed by atoms with Crippen molar-refractivity contribution in [2.45, 2.75) is 26.9 Å². The van der Waals surface area contributed by atoms with Gasteiger partial charge in [0.1, 0.15) is 29.1 Å². The lowest BCUT2D eigenvalue weighted by Gasteiger charge is -2.26. The van der Waals surface area contributed by atoms with Crippen LogP contribution >= 0.6 is 0 Å². The Kier molecular flexibility index (Phi) is 6.16. The second-order valence-corrected chi connectivity index (χ2v) is 9.61. The van der Waals surface area contributed by atoms with Gasteiger partial charge in [0.05, 0.1) is 47.7 Å². The van der Waals surface area contributed by atoms with E-state index in [9.17, 15) is 4.79 Å².